The van der Waals surface area contributed by atoms with Gasteiger partial charge in [-0.2, -0.15) is 0 Å². The zero-order valence-corrected chi connectivity index (χ0v) is 15.7. The van der Waals surface area contributed by atoms with Gasteiger partial charge in [-0.25, -0.2) is 4.79 Å². The Balaban J connectivity index is 1.86. The lowest BCUT2D eigenvalue weighted by atomic mass is 9.99. The van der Waals surface area contributed by atoms with E-state index in [9.17, 15) is 24.0 Å². The number of rotatable bonds is 7. The predicted octanol–water partition coefficient (Wildman–Crippen LogP) is 0.215. The van der Waals surface area contributed by atoms with Gasteiger partial charge >= 0.3 is 12.0 Å². The van der Waals surface area contributed by atoms with Crippen LogP contribution in [0.15, 0.2) is 24.3 Å². The van der Waals surface area contributed by atoms with Gasteiger partial charge in [0.2, 0.25) is 0 Å². The van der Waals surface area contributed by atoms with E-state index in [-0.39, 0.29) is 11.3 Å². The zero-order valence-electron chi connectivity index (χ0n) is 15.7. The van der Waals surface area contributed by atoms with E-state index >= 15 is 0 Å². The van der Waals surface area contributed by atoms with Crippen molar-refractivity contribution in [2.45, 2.75) is 25.8 Å². The van der Waals surface area contributed by atoms with Crippen LogP contribution >= 0.6 is 0 Å². The predicted molar refractivity (Wildman–Crippen MR) is 95.4 cm³/mol. The Morgan fingerprint density at radius 1 is 1.21 bits per heavy atom. The molecule has 5 amide bonds. The Morgan fingerprint density at radius 3 is 2.50 bits per heavy atom. The average Bonchev–Trinajstić information content (AvgIpc) is 2.89. The van der Waals surface area contributed by atoms with Gasteiger partial charge in [0.15, 0.2) is 6.61 Å². The van der Waals surface area contributed by atoms with Gasteiger partial charge in [-0.05, 0) is 25.5 Å². The van der Waals surface area contributed by atoms with Gasteiger partial charge in [0.05, 0.1) is 12.7 Å². The third-order valence-corrected chi connectivity index (χ3v) is 4.31. The third-order valence-electron chi connectivity index (χ3n) is 4.31. The number of esters is 1. The quantitative estimate of drug-likeness (QED) is 0.502. The van der Waals surface area contributed by atoms with Gasteiger partial charge < -0.3 is 14.8 Å². The monoisotopic (exact) mass is 391 g/mol. The number of carbonyl (C=O) groups excluding carboxylic acids is 5. The molecular formula is C18H21N3O7. The second kappa shape index (κ2) is 8.51. The van der Waals surface area contributed by atoms with Crippen LogP contribution in [0.1, 0.15) is 30.6 Å². The summed E-state index contributed by atoms with van der Waals surface area (Å²) in [6.45, 7) is 1.90. The molecule has 1 aliphatic rings. The number of para-hydroxylation sites is 1. The molecule has 10 nitrogen and oxygen atoms in total. The molecule has 1 aromatic carbocycles. The molecule has 1 aromatic rings. The van der Waals surface area contributed by atoms with Crippen LogP contribution in [0.3, 0.4) is 0 Å². The first-order valence-electron chi connectivity index (χ1n) is 8.48. The van der Waals surface area contributed by atoms with E-state index in [2.05, 4.69) is 10.6 Å². The zero-order chi connectivity index (χ0) is 20.9. The van der Waals surface area contributed by atoms with E-state index in [0.717, 1.165) is 4.90 Å². The van der Waals surface area contributed by atoms with E-state index in [0.29, 0.717) is 6.42 Å². The highest BCUT2D eigenvalue weighted by Crippen LogP contribution is 2.20. The molecule has 10 heteroatoms. The van der Waals surface area contributed by atoms with Gasteiger partial charge in [-0.15, -0.1) is 0 Å². The minimum absolute atomic E-state index is 0.142. The second-order valence-electron chi connectivity index (χ2n) is 6.25. The average molecular weight is 391 g/mol. The van der Waals surface area contributed by atoms with Crippen LogP contribution in [-0.4, -0.2) is 60.4 Å². The number of hydrogen-bond acceptors (Lipinski definition) is 7. The number of nitrogens with one attached hydrogen (secondary N) is 2. The summed E-state index contributed by atoms with van der Waals surface area (Å²) in [7, 11) is 1.38. The summed E-state index contributed by atoms with van der Waals surface area (Å²) in [6, 6.07) is 5.59. The highest BCUT2D eigenvalue weighted by atomic mass is 16.5. The molecule has 2 rings (SSSR count). The summed E-state index contributed by atoms with van der Waals surface area (Å²) in [6.07, 6.45) is 0.358. The Hall–Kier alpha value is -3.43. The maximum Gasteiger partial charge on any atom is 0.326 e. The van der Waals surface area contributed by atoms with Crippen molar-refractivity contribution in [1.82, 2.24) is 15.5 Å². The van der Waals surface area contributed by atoms with E-state index in [1.54, 1.807) is 32.0 Å². The molecule has 0 radical (unpaired) electrons. The fourth-order valence-electron chi connectivity index (χ4n) is 2.51. The van der Waals surface area contributed by atoms with Gasteiger partial charge in [-0.3, -0.25) is 29.4 Å². The number of nitrogens with zero attached hydrogens (tertiary/aromatic N) is 1. The van der Waals surface area contributed by atoms with Crippen molar-refractivity contribution in [3.05, 3.63) is 29.8 Å². The van der Waals surface area contributed by atoms with E-state index in [1.807, 2.05) is 0 Å². The molecular weight excluding hydrogens is 370 g/mol. The number of carbonyl (C=O) groups is 5. The number of urea groups is 1. The first kappa shape index (κ1) is 20.9. The van der Waals surface area contributed by atoms with Crippen LogP contribution in [0.25, 0.3) is 0 Å². The first-order chi connectivity index (χ1) is 13.2. The van der Waals surface area contributed by atoms with Gasteiger partial charge in [0, 0.05) is 0 Å². The molecule has 2 N–H and O–H groups in total. The van der Waals surface area contributed by atoms with E-state index in [1.165, 1.54) is 13.2 Å². The number of ether oxygens (including phenoxy) is 2. The molecule has 0 aromatic heterocycles. The molecule has 150 valence electrons. The van der Waals surface area contributed by atoms with E-state index in [4.69, 9.17) is 9.47 Å². The highest BCUT2D eigenvalue weighted by Gasteiger charge is 2.47. The van der Waals surface area contributed by atoms with Gasteiger partial charge in [-0.1, -0.05) is 19.1 Å². The van der Waals surface area contributed by atoms with Crippen LogP contribution in [0.2, 0.25) is 0 Å². The standard InChI is InChI=1S/C18H21N3O7/c1-4-18(2)16(25)21(17(26)20-18)9-14(23)28-10-13(22)19-15(24)11-7-5-6-8-12(11)27-3/h5-8H,4,9-10H2,1-3H3,(H,20,26)(H,19,22,24)/t18-/m0/s1. The topological polar surface area (TPSA) is 131 Å². The number of methoxy groups -OCH3 is 1. The van der Waals surface area contributed by atoms with Crippen molar-refractivity contribution in [2.75, 3.05) is 20.3 Å². The van der Waals surface area contributed by atoms with Gasteiger partial charge in [0.1, 0.15) is 17.8 Å². The normalized spacial score (nSPS) is 18.5. The summed E-state index contributed by atoms with van der Waals surface area (Å²) >= 11 is 0. The Kier molecular flexibility index (Phi) is 6.34. The van der Waals surface area contributed by atoms with Crippen molar-refractivity contribution in [1.29, 1.82) is 0 Å². The minimum atomic E-state index is -1.07. The fourth-order valence-corrected chi connectivity index (χ4v) is 2.51. The molecule has 28 heavy (non-hydrogen) atoms. The van der Waals surface area contributed by atoms with Crippen molar-refractivity contribution in [2.24, 2.45) is 0 Å². The fraction of sp³-hybridized carbons (Fsp3) is 0.389. The smallest absolute Gasteiger partial charge is 0.326 e. The molecule has 1 aliphatic heterocycles. The number of imide groups is 2. The maximum absolute atomic E-state index is 12.2. The molecule has 1 saturated heterocycles. The summed E-state index contributed by atoms with van der Waals surface area (Å²) in [5, 5.41) is 4.56. The summed E-state index contributed by atoms with van der Waals surface area (Å²) in [5.41, 5.74) is -0.932. The molecule has 0 bridgehead atoms. The van der Waals surface area contributed by atoms with Crippen molar-refractivity contribution in [3.63, 3.8) is 0 Å². The molecule has 0 spiro atoms. The van der Waals surface area contributed by atoms with Crippen LogP contribution in [0, 0.1) is 0 Å². The highest BCUT2D eigenvalue weighted by molar-refractivity contribution is 6.09. The second-order valence-corrected chi connectivity index (χ2v) is 6.25. The first-order valence-corrected chi connectivity index (χ1v) is 8.48. The van der Waals surface area contributed by atoms with Crippen LogP contribution < -0.4 is 15.4 Å². The van der Waals surface area contributed by atoms with Crippen LogP contribution in [0.5, 0.6) is 5.75 Å². The van der Waals surface area contributed by atoms with Gasteiger partial charge in [0.25, 0.3) is 17.7 Å². The lowest BCUT2D eigenvalue weighted by Gasteiger charge is -2.18. The van der Waals surface area contributed by atoms with Crippen LogP contribution in [-0.2, 0) is 19.1 Å². The maximum atomic E-state index is 12.2. The third kappa shape index (κ3) is 4.45. The summed E-state index contributed by atoms with van der Waals surface area (Å²) in [5.74, 6) is -2.80. The Morgan fingerprint density at radius 2 is 1.89 bits per heavy atom. The summed E-state index contributed by atoms with van der Waals surface area (Å²) < 4.78 is 9.78. The molecule has 1 atom stereocenters. The van der Waals surface area contributed by atoms with E-state index < -0.39 is 48.4 Å². The molecule has 0 saturated carbocycles. The number of amides is 5. The molecule has 0 aliphatic carbocycles. The summed E-state index contributed by atoms with van der Waals surface area (Å²) in [4.78, 5) is 60.6. The minimum Gasteiger partial charge on any atom is -0.496 e. The molecule has 1 heterocycles. The Bertz CT molecular complexity index is 823. The lowest BCUT2D eigenvalue weighted by molar-refractivity contribution is -0.150. The molecule has 1 fully saturated rings. The number of hydrogen-bond donors (Lipinski definition) is 2. The largest absolute Gasteiger partial charge is 0.496 e. The SMILES string of the molecule is CC[C@]1(C)NC(=O)N(CC(=O)OCC(=O)NC(=O)c2ccccc2OC)C1=O. The molecule has 0 unspecified atom stereocenters. The lowest BCUT2D eigenvalue weighted by Crippen LogP contribution is -2.43. The van der Waals surface area contributed by atoms with Crippen molar-refractivity contribution in [3.8, 4) is 5.75 Å². The van der Waals surface area contributed by atoms with Crippen molar-refractivity contribution < 1.29 is 33.4 Å². The Labute approximate surface area is 161 Å². The van der Waals surface area contributed by atoms with Crippen molar-refractivity contribution >= 4 is 29.7 Å². The van der Waals surface area contributed by atoms with Crippen LogP contribution in [0.4, 0.5) is 4.79 Å². The number of benzene rings is 1.